The third kappa shape index (κ3) is 4.00. The lowest BCUT2D eigenvalue weighted by Gasteiger charge is -2.14. The highest BCUT2D eigenvalue weighted by atomic mass is 79.9. The SMILES string of the molecule is CC(CCCBr)NC(=O)c1c(O)cccc1F. The molecule has 0 saturated carbocycles. The molecule has 0 bridgehead atoms. The van der Waals surface area contributed by atoms with Crippen LogP contribution in [0, 0.1) is 5.82 Å². The van der Waals surface area contributed by atoms with E-state index < -0.39 is 11.7 Å². The van der Waals surface area contributed by atoms with E-state index in [0.29, 0.717) is 0 Å². The first kappa shape index (κ1) is 14.0. The van der Waals surface area contributed by atoms with E-state index in [1.54, 1.807) is 0 Å². The summed E-state index contributed by atoms with van der Waals surface area (Å²) in [6, 6.07) is 3.74. The molecule has 1 rings (SSSR count). The average Bonchev–Trinajstić information content (AvgIpc) is 2.26. The van der Waals surface area contributed by atoms with Crippen LogP contribution in [0.25, 0.3) is 0 Å². The van der Waals surface area contributed by atoms with Crippen molar-refractivity contribution >= 4 is 21.8 Å². The summed E-state index contributed by atoms with van der Waals surface area (Å²) in [6.45, 7) is 1.85. The summed E-state index contributed by atoms with van der Waals surface area (Å²) >= 11 is 3.30. The fourth-order valence-electron chi connectivity index (χ4n) is 1.49. The van der Waals surface area contributed by atoms with Crippen LogP contribution in [0.3, 0.4) is 0 Å². The second kappa shape index (κ2) is 6.59. The van der Waals surface area contributed by atoms with Gasteiger partial charge in [0.15, 0.2) is 0 Å². The fraction of sp³-hybridized carbons (Fsp3) is 0.417. The highest BCUT2D eigenvalue weighted by molar-refractivity contribution is 9.09. The monoisotopic (exact) mass is 303 g/mol. The van der Waals surface area contributed by atoms with E-state index >= 15 is 0 Å². The summed E-state index contributed by atoms with van der Waals surface area (Å²) in [5, 5.41) is 13.0. The largest absolute Gasteiger partial charge is 0.507 e. The number of amides is 1. The molecule has 0 aliphatic rings. The molecule has 1 amide bonds. The van der Waals surface area contributed by atoms with Gasteiger partial charge in [-0.15, -0.1) is 0 Å². The molecule has 1 unspecified atom stereocenters. The van der Waals surface area contributed by atoms with E-state index in [9.17, 15) is 14.3 Å². The fourth-order valence-corrected chi connectivity index (χ4v) is 1.81. The number of nitrogens with one attached hydrogen (secondary N) is 1. The summed E-state index contributed by atoms with van der Waals surface area (Å²) in [4.78, 5) is 11.7. The molecule has 94 valence electrons. The van der Waals surface area contributed by atoms with Crippen LogP contribution in [0.15, 0.2) is 18.2 Å². The Balaban J connectivity index is 2.70. The molecule has 0 spiro atoms. The average molecular weight is 304 g/mol. The summed E-state index contributed by atoms with van der Waals surface area (Å²) in [7, 11) is 0. The smallest absolute Gasteiger partial charge is 0.258 e. The second-order valence-corrected chi connectivity index (χ2v) is 4.63. The van der Waals surface area contributed by atoms with Gasteiger partial charge in [-0.05, 0) is 31.9 Å². The first-order valence-corrected chi connectivity index (χ1v) is 6.52. The first-order valence-electron chi connectivity index (χ1n) is 5.40. The van der Waals surface area contributed by atoms with Gasteiger partial charge in [0.25, 0.3) is 5.91 Å². The maximum Gasteiger partial charge on any atom is 0.258 e. The molecule has 5 heteroatoms. The van der Waals surface area contributed by atoms with Crippen molar-refractivity contribution in [2.45, 2.75) is 25.8 Å². The Morgan fingerprint density at radius 3 is 2.88 bits per heavy atom. The van der Waals surface area contributed by atoms with E-state index in [0.717, 1.165) is 24.2 Å². The highest BCUT2D eigenvalue weighted by Crippen LogP contribution is 2.19. The van der Waals surface area contributed by atoms with Gasteiger partial charge in [-0.2, -0.15) is 0 Å². The number of hydrogen-bond donors (Lipinski definition) is 2. The van der Waals surface area contributed by atoms with E-state index in [1.807, 2.05) is 6.92 Å². The number of phenols is 1. The number of rotatable bonds is 5. The van der Waals surface area contributed by atoms with Crippen LogP contribution in [0.4, 0.5) is 4.39 Å². The lowest BCUT2D eigenvalue weighted by molar-refractivity contribution is 0.0931. The number of aromatic hydroxyl groups is 1. The molecule has 0 aromatic heterocycles. The van der Waals surface area contributed by atoms with Gasteiger partial charge >= 0.3 is 0 Å². The summed E-state index contributed by atoms with van der Waals surface area (Å²) in [5.74, 6) is -1.63. The van der Waals surface area contributed by atoms with Crippen molar-refractivity contribution in [3.63, 3.8) is 0 Å². The number of phenolic OH excluding ortho intramolecular Hbond substituents is 1. The molecular weight excluding hydrogens is 289 g/mol. The molecule has 2 N–H and O–H groups in total. The highest BCUT2D eigenvalue weighted by Gasteiger charge is 2.17. The summed E-state index contributed by atoms with van der Waals surface area (Å²) < 4.78 is 13.4. The van der Waals surface area contributed by atoms with Crippen molar-refractivity contribution in [3.05, 3.63) is 29.6 Å². The van der Waals surface area contributed by atoms with Crippen molar-refractivity contribution in [3.8, 4) is 5.75 Å². The maximum absolute atomic E-state index is 13.4. The zero-order valence-electron chi connectivity index (χ0n) is 9.54. The molecule has 1 aromatic rings. The van der Waals surface area contributed by atoms with E-state index in [-0.39, 0.29) is 17.4 Å². The predicted molar refractivity (Wildman–Crippen MR) is 68.0 cm³/mol. The molecule has 0 heterocycles. The molecule has 0 aliphatic carbocycles. The van der Waals surface area contributed by atoms with Gasteiger partial charge in [-0.1, -0.05) is 22.0 Å². The van der Waals surface area contributed by atoms with Crippen molar-refractivity contribution in [1.29, 1.82) is 0 Å². The van der Waals surface area contributed by atoms with E-state index in [1.165, 1.54) is 12.1 Å². The van der Waals surface area contributed by atoms with Gasteiger partial charge in [0.1, 0.15) is 17.1 Å². The van der Waals surface area contributed by atoms with Crippen molar-refractivity contribution in [1.82, 2.24) is 5.32 Å². The quantitative estimate of drug-likeness (QED) is 0.822. The van der Waals surface area contributed by atoms with Crippen LogP contribution >= 0.6 is 15.9 Å². The van der Waals surface area contributed by atoms with Gasteiger partial charge in [-0.25, -0.2) is 4.39 Å². The number of hydrogen-bond acceptors (Lipinski definition) is 2. The minimum Gasteiger partial charge on any atom is -0.507 e. The van der Waals surface area contributed by atoms with Crippen LogP contribution < -0.4 is 5.32 Å². The van der Waals surface area contributed by atoms with Crippen LogP contribution in [-0.2, 0) is 0 Å². The molecule has 0 radical (unpaired) electrons. The molecule has 0 aliphatic heterocycles. The minimum absolute atomic E-state index is 0.0564. The Bertz CT molecular complexity index is 378. The molecule has 1 aromatic carbocycles. The van der Waals surface area contributed by atoms with Gasteiger partial charge < -0.3 is 10.4 Å². The van der Waals surface area contributed by atoms with E-state index in [4.69, 9.17) is 0 Å². The lowest BCUT2D eigenvalue weighted by atomic mass is 10.1. The Morgan fingerprint density at radius 2 is 2.29 bits per heavy atom. The van der Waals surface area contributed by atoms with Crippen molar-refractivity contribution < 1.29 is 14.3 Å². The number of alkyl halides is 1. The summed E-state index contributed by atoms with van der Waals surface area (Å²) in [6.07, 6.45) is 1.72. The number of carbonyl (C=O) groups is 1. The first-order chi connectivity index (χ1) is 8.06. The molecular formula is C12H15BrFNO2. The third-order valence-corrected chi connectivity index (χ3v) is 2.93. The van der Waals surface area contributed by atoms with E-state index in [2.05, 4.69) is 21.2 Å². The molecule has 0 fully saturated rings. The lowest BCUT2D eigenvalue weighted by Crippen LogP contribution is -2.33. The normalized spacial score (nSPS) is 12.2. The maximum atomic E-state index is 13.4. The van der Waals surface area contributed by atoms with Crippen LogP contribution in [0.2, 0.25) is 0 Å². The Kier molecular flexibility index (Phi) is 5.41. The number of carbonyl (C=O) groups excluding carboxylic acids is 1. The Morgan fingerprint density at radius 1 is 1.59 bits per heavy atom. The standard InChI is InChI=1S/C12H15BrFNO2/c1-8(4-3-7-13)15-12(17)11-9(14)5-2-6-10(11)16/h2,5-6,8,16H,3-4,7H2,1H3,(H,15,17). The van der Waals surface area contributed by atoms with Crippen molar-refractivity contribution in [2.24, 2.45) is 0 Å². The number of benzene rings is 1. The molecule has 1 atom stereocenters. The predicted octanol–water partition coefficient (Wildman–Crippen LogP) is 2.82. The molecule has 17 heavy (non-hydrogen) atoms. The Labute approximate surface area is 108 Å². The zero-order valence-corrected chi connectivity index (χ0v) is 11.1. The van der Waals surface area contributed by atoms with Crippen LogP contribution in [0.5, 0.6) is 5.75 Å². The van der Waals surface area contributed by atoms with Gasteiger partial charge in [0, 0.05) is 11.4 Å². The topological polar surface area (TPSA) is 49.3 Å². The zero-order chi connectivity index (χ0) is 12.8. The molecule has 3 nitrogen and oxygen atoms in total. The van der Waals surface area contributed by atoms with Gasteiger partial charge in [-0.3, -0.25) is 4.79 Å². The Hall–Kier alpha value is -1.10. The van der Waals surface area contributed by atoms with Crippen molar-refractivity contribution in [2.75, 3.05) is 5.33 Å². The second-order valence-electron chi connectivity index (χ2n) is 3.84. The van der Waals surface area contributed by atoms with Crippen LogP contribution in [-0.4, -0.2) is 22.4 Å². The van der Waals surface area contributed by atoms with Gasteiger partial charge in [0.05, 0.1) is 0 Å². The minimum atomic E-state index is -0.713. The van der Waals surface area contributed by atoms with Crippen LogP contribution in [0.1, 0.15) is 30.1 Å². The molecule has 0 saturated heterocycles. The third-order valence-electron chi connectivity index (χ3n) is 2.37. The number of halogens is 2. The summed E-state index contributed by atoms with van der Waals surface area (Å²) in [5.41, 5.74) is -0.293. The van der Waals surface area contributed by atoms with Gasteiger partial charge in [0.2, 0.25) is 0 Å².